The van der Waals surface area contributed by atoms with Gasteiger partial charge in [0.25, 0.3) is 0 Å². The Balaban J connectivity index is 2.08. The predicted molar refractivity (Wildman–Crippen MR) is 62.2 cm³/mol. The van der Waals surface area contributed by atoms with Crippen LogP contribution < -0.4 is 9.64 Å². The highest BCUT2D eigenvalue weighted by molar-refractivity contribution is 5.74. The third kappa shape index (κ3) is 1.29. The van der Waals surface area contributed by atoms with Crippen molar-refractivity contribution in [3.05, 3.63) is 48.5 Å². The first kappa shape index (κ1) is 9.09. The average Bonchev–Trinajstić information content (AvgIpc) is 2.74. The lowest BCUT2D eigenvalue weighted by molar-refractivity contribution is 0.356. The van der Waals surface area contributed by atoms with E-state index in [1.807, 2.05) is 47.4 Å². The van der Waals surface area contributed by atoms with E-state index >= 15 is 0 Å². The van der Waals surface area contributed by atoms with E-state index in [4.69, 9.17) is 4.74 Å². The third-order valence-corrected chi connectivity index (χ3v) is 2.68. The van der Waals surface area contributed by atoms with E-state index in [1.54, 1.807) is 6.07 Å². The molecule has 3 heteroatoms. The summed E-state index contributed by atoms with van der Waals surface area (Å²) >= 11 is 0. The molecule has 0 saturated carbocycles. The lowest BCUT2D eigenvalue weighted by Gasteiger charge is -2.17. The summed E-state index contributed by atoms with van der Waals surface area (Å²) in [7, 11) is 0. The van der Waals surface area contributed by atoms with Gasteiger partial charge in [0.2, 0.25) is 0 Å². The molecule has 3 rings (SSSR count). The zero-order chi connectivity index (χ0) is 11.0. The second-order valence-corrected chi connectivity index (χ2v) is 3.66. The predicted octanol–water partition coefficient (Wildman–Crippen LogP) is 2.88. The molecule has 0 bridgehead atoms. The summed E-state index contributed by atoms with van der Waals surface area (Å²) in [6.45, 7) is 0.441. The van der Waals surface area contributed by atoms with Gasteiger partial charge in [-0.3, -0.25) is 0 Å². The number of phenolic OH excluding ortho intramolecular Hbond substituents is 1. The molecule has 2 aromatic carbocycles. The highest BCUT2D eigenvalue weighted by Crippen LogP contribution is 2.41. The van der Waals surface area contributed by atoms with Gasteiger partial charge in [-0.15, -0.1) is 0 Å². The van der Waals surface area contributed by atoms with Gasteiger partial charge in [0, 0.05) is 0 Å². The fourth-order valence-corrected chi connectivity index (χ4v) is 1.90. The maximum absolute atomic E-state index is 9.80. The van der Waals surface area contributed by atoms with Gasteiger partial charge in [-0.25, -0.2) is 0 Å². The Bertz CT molecular complexity index is 525. The van der Waals surface area contributed by atoms with Crippen LogP contribution in [0.1, 0.15) is 0 Å². The second-order valence-electron chi connectivity index (χ2n) is 3.66. The standard InChI is InChI=1S/C13H11NO2/c15-12-7-3-1-5-10(12)14-9-16-13-8-4-2-6-11(13)14/h1-8,15H,9H2. The maximum Gasteiger partial charge on any atom is 0.166 e. The molecule has 0 aromatic heterocycles. The summed E-state index contributed by atoms with van der Waals surface area (Å²) in [4.78, 5) is 1.95. The number of rotatable bonds is 1. The van der Waals surface area contributed by atoms with Crippen LogP contribution in [0.15, 0.2) is 48.5 Å². The van der Waals surface area contributed by atoms with Crippen molar-refractivity contribution < 1.29 is 9.84 Å². The van der Waals surface area contributed by atoms with E-state index in [1.165, 1.54) is 0 Å². The van der Waals surface area contributed by atoms with Crippen molar-refractivity contribution in [2.24, 2.45) is 0 Å². The number of hydrogen-bond donors (Lipinski definition) is 1. The molecule has 3 nitrogen and oxygen atoms in total. The number of hydrogen-bond acceptors (Lipinski definition) is 3. The Morgan fingerprint density at radius 2 is 1.62 bits per heavy atom. The van der Waals surface area contributed by atoms with Crippen molar-refractivity contribution in [2.45, 2.75) is 0 Å². The Kier molecular flexibility index (Phi) is 1.96. The van der Waals surface area contributed by atoms with Gasteiger partial charge >= 0.3 is 0 Å². The first-order chi connectivity index (χ1) is 7.86. The molecule has 1 aliphatic heterocycles. The van der Waals surface area contributed by atoms with Crippen molar-refractivity contribution in [2.75, 3.05) is 11.6 Å². The molecule has 0 atom stereocenters. The summed E-state index contributed by atoms with van der Waals surface area (Å²) in [5.41, 5.74) is 1.76. The Hall–Kier alpha value is -2.16. The number of para-hydroxylation sites is 4. The molecule has 0 fully saturated rings. The molecule has 0 aliphatic carbocycles. The summed E-state index contributed by atoms with van der Waals surface area (Å²) in [5.74, 6) is 1.12. The van der Waals surface area contributed by atoms with Gasteiger partial charge in [-0.05, 0) is 24.3 Å². The Morgan fingerprint density at radius 1 is 0.938 bits per heavy atom. The smallest absolute Gasteiger partial charge is 0.166 e. The van der Waals surface area contributed by atoms with Crippen LogP contribution >= 0.6 is 0 Å². The minimum atomic E-state index is 0.266. The number of aromatic hydroxyl groups is 1. The van der Waals surface area contributed by atoms with Gasteiger partial charge in [-0.1, -0.05) is 24.3 Å². The number of anilines is 2. The molecule has 1 N–H and O–H groups in total. The third-order valence-electron chi connectivity index (χ3n) is 2.68. The molecule has 80 valence electrons. The highest BCUT2D eigenvalue weighted by Gasteiger charge is 2.22. The summed E-state index contributed by atoms with van der Waals surface area (Å²) in [6, 6.07) is 15.1. The van der Waals surface area contributed by atoms with E-state index in [-0.39, 0.29) is 5.75 Å². The normalized spacial score (nSPS) is 13.4. The lowest BCUT2D eigenvalue weighted by atomic mass is 10.2. The molecule has 2 aromatic rings. The minimum absolute atomic E-state index is 0.266. The van der Waals surface area contributed by atoms with E-state index in [9.17, 15) is 5.11 Å². The van der Waals surface area contributed by atoms with E-state index in [2.05, 4.69) is 0 Å². The van der Waals surface area contributed by atoms with Gasteiger partial charge in [0.15, 0.2) is 6.73 Å². The molecule has 0 radical (unpaired) electrons. The zero-order valence-electron chi connectivity index (χ0n) is 8.63. The van der Waals surface area contributed by atoms with E-state index in [0.29, 0.717) is 6.73 Å². The number of fused-ring (bicyclic) bond motifs is 1. The van der Waals surface area contributed by atoms with Crippen molar-refractivity contribution in [1.29, 1.82) is 0 Å². The summed E-state index contributed by atoms with van der Waals surface area (Å²) in [5, 5.41) is 9.80. The van der Waals surface area contributed by atoms with Crippen molar-refractivity contribution in [1.82, 2.24) is 0 Å². The Morgan fingerprint density at radius 3 is 2.44 bits per heavy atom. The van der Waals surface area contributed by atoms with E-state index in [0.717, 1.165) is 17.1 Å². The number of nitrogens with zero attached hydrogens (tertiary/aromatic N) is 1. The van der Waals surface area contributed by atoms with Crippen LogP contribution in [0.2, 0.25) is 0 Å². The molecule has 1 aliphatic rings. The highest BCUT2D eigenvalue weighted by atomic mass is 16.5. The lowest BCUT2D eigenvalue weighted by Crippen LogP contribution is -2.15. The molecular weight excluding hydrogens is 202 g/mol. The van der Waals surface area contributed by atoms with Gasteiger partial charge in [-0.2, -0.15) is 0 Å². The zero-order valence-corrected chi connectivity index (χ0v) is 8.63. The molecule has 0 saturated heterocycles. The number of phenols is 1. The second kappa shape index (κ2) is 3.45. The summed E-state index contributed by atoms with van der Waals surface area (Å²) < 4.78 is 5.54. The fourth-order valence-electron chi connectivity index (χ4n) is 1.90. The molecule has 1 heterocycles. The first-order valence-electron chi connectivity index (χ1n) is 5.13. The number of benzene rings is 2. The van der Waals surface area contributed by atoms with Crippen molar-refractivity contribution in [3.8, 4) is 11.5 Å². The SMILES string of the molecule is Oc1ccccc1N1COc2ccccc21. The van der Waals surface area contributed by atoms with Crippen LogP contribution in [0.4, 0.5) is 11.4 Å². The topological polar surface area (TPSA) is 32.7 Å². The molecule has 0 amide bonds. The monoisotopic (exact) mass is 213 g/mol. The van der Waals surface area contributed by atoms with Crippen LogP contribution in [0, 0.1) is 0 Å². The maximum atomic E-state index is 9.80. The van der Waals surface area contributed by atoms with Gasteiger partial charge in [0.05, 0.1) is 11.4 Å². The van der Waals surface area contributed by atoms with Crippen LogP contribution in [0.25, 0.3) is 0 Å². The van der Waals surface area contributed by atoms with Gasteiger partial charge in [0.1, 0.15) is 11.5 Å². The van der Waals surface area contributed by atoms with Gasteiger partial charge < -0.3 is 14.7 Å². The molecular formula is C13H11NO2. The Labute approximate surface area is 93.5 Å². The van der Waals surface area contributed by atoms with Crippen LogP contribution in [0.3, 0.4) is 0 Å². The first-order valence-corrected chi connectivity index (χ1v) is 5.13. The van der Waals surface area contributed by atoms with Crippen LogP contribution in [-0.2, 0) is 0 Å². The largest absolute Gasteiger partial charge is 0.506 e. The van der Waals surface area contributed by atoms with Crippen LogP contribution in [0.5, 0.6) is 11.5 Å². The van der Waals surface area contributed by atoms with Crippen molar-refractivity contribution in [3.63, 3.8) is 0 Å². The van der Waals surface area contributed by atoms with E-state index < -0.39 is 0 Å². The number of ether oxygens (including phenoxy) is 1. The minimum Gasteiger partial charge on any atom is -0.506 e. The molecule has 16 heavy (non-hydrogen) atoms. The average molecular weight is 213 g/mol. The molecule has 0 spiro atoms. The summed E-state index contributed by atoms with van der Waals surface area (Å²) in [6.07, 6.45) is 0. The fraction of sp³-hybridized carbons (Fsp3) is 0.0769. The quantitative estimate of drug-likeness (QED) is 0.790. The van der Waals surface area contributed by atoms with Crippen molar-refractivity contribution >= 4 is 11.4 Å². The van der Waals surface area contributed by atoms with Crippen LogP contribution in [-0.4, -0.2) is 11.8 Å². The molecule has 0 unspecified atom stereocenters.